The monoisotopic (exact) mass is 186 g/mol. The first-order valence-corrected chi connectivity index (χ1v) is 4.41. The number of nitriles is 1. The standard InChI is InChI=1S/C11H10N2O/c1-7(14)10-6-13-11-3-2-8(5-12)4-9(10)11/h2-4,6-7,13-14H,1H3/t7-/m1/s1. The van der Waals surface area contributed by atoms with Crippen molar-refractivity contribution < 1.29 is 5.11 Å². The van der Waals surface area contributed by atoms with E-state index in [0.29, 0.717) is 5.56 Å². The van der Waals surface area contributed by atoms with Crippen molar-refractivity contribution >= 4 is 10.9 Å². The van der Waals surface area contributed by atoms with Gasteiger partial charge in [-0.15, -0.1) is 0 Å². The smallest absolute Gasteiger partial charge is 0.0991 e. The normalized spacial score (nSPS) is 12.6. The van der Waals surface area contributed by atoms with Crippen molar-refractivity contribution in [3.63, 3.8) is 0 Å². The lowest BCUT2D eigenvalue weighted by molar-refractivity contribution is 0.201. The van der Waals surface area contributed by atoms with Crippen LogP contribution in [0, 0.1) is 11.3 Å². The minimum absolute atomic E-state index is 0.516. The first-order valence-electron chi connectivity index (χ1n) is 4.41. The second kappa shape index (κ2) is 3.17. The van der Waals surface area contributed by atoms with Gasteiger partial charge in [0.1, 0.15) is 0 Å². The second-order valence-corrected chi connectivity index (χ2v) is 3.29. The first kappa shape index (κ1) is 8.79. The lowest BCUT2D eigenvalue weighted by Crippen LogP contribution is -1.88. The Morgan fingerprint density at radius 3 is 2.93 bits per heavy atom. The number of aliphatic hydroxyl groups excluding tert-OH is 1. The highest BCUT2D eigenvalue weighted by atomic mass is 16.3. The Hall–Kier alpha value is -1.79. The zero-order valence-electron chi connectivity index (χ0n) is 7.78. The summed E-state index contributed by atoms with van der Waals surface area (Å²) in [5.74, 6) is 0. The highest BCUT2D eigenvalue weighted by molar-refractivity contribution is 5.84. The number of nitrogens with zero attached hydrogens (tertiary/aromatic N) is 1. The van der Waals surface area contributed by atoms with E-state index in [4.69, 9.17) is 5.26 Å². The van der Waals surface area contributed by atoms with Crippen LogP contribution in [0.1, 0.15) is 24.2 Å². The Morgan fingerprint density at radius 1 is 1.50 bits per heavy atom. The van der Waals surface area contributed by atoms with E-state index in [1.807, 2.05) is 6.07 Å². The van der Waals surface area contributed by atoms with E-state index in [-0.39, 0.29) is 0 Å². The molecule has 1 heterocycles. The summed E-state index contributed by atoms with van der Waals surface area (Å²) < 4.78 is 0. The van der Waals surface area contributed by atoms with Crippen molar-refractivity contribution in [3.8, 4) is 6.07 Å². The van der Waals surface area contributed by atoms with Crippen molar-refractivity contribution in [3.05, 3.63) is 35.5 Å². The first-order chi connectivity index (χ1) is 6.72. The van der Waals surface area contributed by atoms with Gasteiger partial charge in [-0.05, 0) is 25.1 Å². The summed E-state index contributed by atoms with van der Waals surface area (Å²) in [7, 11) is 0. The average molecular weight is 186 g/mol. The van der Waals surface area contributed by atoms with Crippen LogP contribution < -0.4 is 0 Å². The van der Waals surface area contributed by atoms with Gasteiger partial charge in [-0.1, -0.05) is 0 Å². The zero-order chi connectivity index (χ0) is 10.1. The molecule has 0 aliphatic heterocycles. The molecule has 3 heteroatoms. The van der Waals surface area contributed by atoms with Crippen molar-refractivity contribution in [2.45, 2.75) is 13.0 Å². The fourth-order valence-corrected chi connectivity index (χ4v) is 1.56. The Kier molecular flexibility index (Phi) is 1.99. The van der Waals surface area contributed by atoms with Crippen LogP contribution >= 0.6 is 0 Å². The molecule has 0 radical (unpaired) electrons. The van der Waals surface area contributed by atoms with Crippen LogP contribution in [0.15, 0.2) is 24.4 Å². The lowest BCUT2D eigenvalue weighted by atomic mass is 10.1. The summed E-state index contributed by atoms with van der Waals surface area (Å²) in [5, 5.41) is 19.1. The molecule has 2 rings (SSSR count). The molecular formula is C11H10N2O. The minimum atomic E-state index is -0.516. The molecule has 0 bridgehead atoms. The van der Waals surface area contributed by atoms with Gasteiger partial charge in [-0.25, -0.2) is 0 Å². The molecule has 0 saturated heterocycles. The van der Waals surface area contributed by atoms with Crippen molar-refractivity contribution in [1.29, 1.82) is 5.26 Å². The fourth-order valence-electron chi connectivity index (χ4n) is 1.56. The average Bonchev–Trinajstić information content (AvgIpc) is 2.59. The lowest BCUT2D eigenvalue weighted by Gasteiger charge is -2.01. The predicted molar refractivity (Wildman–Crippen MR) is 53.6 cm³/mol. The molecule has 0 aliphatic rings. The third-order valence-electron chi connectivity index (χ3n) is 2.29. The number of H-pyrrole nitrogens is 1. The van der Waals surface area contributed by atoms with Crippen LogP contribution in [0.4, 0.5) is 0 Å². The number of rotatable bonds is 1. The van der Waals surface area contributed by atoms with Gasteiger partial charge in [0.2, 0.25) is 0 Å². The van der Waals surface area contributed by atoms with E-state index in [0.717, 1.165) is 16.5 Å². The molecule has 1 aromatic carbocycles. The maximum Gasteiger partial charge on any atom is 0.0991 e. The summed E-state index contributed by atoms with van der Waals surface area (Å²) in [6.45, 7) is 1.71. The number of aliphatic hydroxyl groups is 1. The van der Waals surface area contributed by atoms with Gasteiger partial charge in [-0.2, -0.15) is 5.26 Å². The molecule has 2 N–H and O–H groups in total. The Balaban J connectivity index is 2.71. The van der Waals surface area contributed by atoms with Gasteiger partial charge in [0, 0.05) is 22.7 Å². The van der Waals surface area contributed by atoms with Gasteiger partial charge in [0.05, 0.1) is 17.7 Å². The molecule has 0 amide bonds. The molecule has 0 saturated carbocycles. The van der Waals surface area contributed by atoms with E-state index in [1.165, 1.54) is 0 Å². The molecule has 0 unspecified atom stereocenters. The van der Waals surface area contributed by atoms with Gasteiger partial charge in [-0.3, -0.25) is 0 Å². The molecule has 1 atom stereocenters. The minimum Gasteiger partial charge on any atom is -0.389 e. The predicted octanol–water partition coefficient (Wildman–Crippen LogP) is 2.09. The number of hydrogen-bond donors (Lipinski definition) is 2. The van der Waals surface area contributed by atoms with Crippen LogP contribution in [-0.4, -0.2) is 10.1 Å². The summed E-state index contributed by atoms with van der Waals surface area (Å²) in [6.07, 6.45) is 1.26. The summed E-state index contributed by atoms with van der Waals surface area (Å²) in [5.41, 5.74) is 2.39. The Morgan fingerprint density at radius 2 is 2.29 bits per heavy atom. The highest BCUT2D eigenvalue weighted by Crippen LogP contribution is 2.24. The van der Waals surface area contributed by atoms with Crippen LogP contribution in [0.2, 0.25) is 0 Å². The molecule has 0 aliphatic carbocycles. The quantitative estimate of drug-likeness (QED) is 0.716. The number of fused-ring (bicyclic) bond motifs is 1. The second-order valence-electron chi connectivity index (χ2n) is 3.29. The van der Waals surface area contributed by atoms with Crippen molar-refractivity contribution in [1.82, 2.24) is 4.98 Å². The highest BCUT2D eigenvalue weighted by Gasteiger charge is 2.08. The third kappa shape index (κ3) is 1.26. The molecule has 14 heavy (non-hydrogen) atoms. The topological polar surface area (TPSA) is 59.8 Å². The maximum atomic E-state index is 9.47. The maximum absolute atomic E-state index is 9.47. The number of aromatic amines is 1. The molecule has 2 aromatic rings. The van der Waals surface area contributed by atoms with Crippen LogP contribution in [0.3, 0.4) is 0 Å². The van der Waals surface area contributed by atoms with Crippen LogP contribution in [0.5, 0.6) is 0 Å². The molecule has 0 fully saturated rings. The Labute approximate surface area is 81.6 Å². The fraction of sp³-hybridized carbons (Fsp3) is 0.182. The van der Waals surface area contributed by atoms with Gasteiger partial charge >= 0.3 is 0 Å². The van der Waals surface area contributed by atoms with E-state index in [1.54, 1.807) is 25.3 Å². The van der Waals surface area contributed by atoms with Gasteiger partial charge in [0.15, 0.2) is 0 Å². The van der Waals surface area contributed by atoms with Crippen molar-refractivity contribution in [2.24, 2.45) is 0 Å². The van der Waals surface area contributed by atoms with Gasteiger partial charge < -0.3 is 10.1 Å². The summed E-state index contributed by atoms with van der Waals surface area (Å²) in [6, 6.07) is 7.47. The van der Waals surface area contributed by atoms with Crippen LogP contribution in [0.25, 0.3) is 10.9 Å². The molecule has 3 nitrogen and oxygen atoms in total. The summed E-state index contributed by atoms with van der Waals surface area (Å²) >= 11 is 0. The van der Waals surface area contributed by atoms with Crippen molar-refractivity contribution in [2.75, 3.05) is 0 Å². The number of hydrogen-bond acceptors (Lipinski definition) is 2. The zero-order valence-corrected chi connectivity index (χ0v) is 7.78. The molecule has 70 valence electrons. The number of nitrogens with one attached hydrogen (secondary N) is 1. The van der Waals surface area contributed by atoms with E-state index < -0.39 is 6.10 Å². The number of aromatic nitrogens is 1. The van der Waals surface area contributed by atoms with E-state index in [2.05, 4.69) is 11.1 Å². The van der Waals surface area contributed by atoms with Crippen LogP contribution in [-0.2, 0) is 0 Å². The molecule has 1 aromatic heterocycles. The van der Waals surface area contributed by atoms with Gasteiger partial charge in [0.25, 0.3) is 0 Å². The largest absolute Gasteiger partial charge is 0.389 e. The Bertz CT molecular complexity index is 505. The SMILES string of the molecule is C[C@@H](O)c1c[nH]c2ccc(C#N)cc12. The number of benzene rings is 1. The third-order valence-corrected chi connectivity index (χ3v) is 2.29. The molecular weight excluding hydrogens is 176 g/mol. The molecule has 0 spiro atoms. The van der Waals surface area contributed by atoms with E-state index >= 15 is 0 Å². The van der Waals surface area contributed by atoms with E-state index in [9.17, 15) is 5.11 Å². The summed E-state index contributed by atoms with van der Waals surface area (Å²) in [4.78, 5) is 3.05.